The molecule has 1 unspecified atom stereocenters. The van der Waals surface area contributed by atoms with Crippen molar-refractivity contribution in [3.63, 3.8) is 0 Å². The van der Waals surface area contributed by atoms with Gasteiger partial charge in [-0.1, -0.05) is 44.2 Å². The minimum absolute atomic E-state index is 0.111. The van der Waals surface area contributed by atoms with Crippen molar-refractivity contribution in [2.75, 3.05) is 37.6 Å². The molecule has 1 atom stereocenters. The fraction of sp³-hybridized carbons (Fsp3) is 0.481. The first-order chi connectivity index (χ1) is 16.1. The third kappa shape index (κ3) is 5.79. The van der Waals surface area contributed by atoms with Crippen LogP contribution in [0.15, 0.2) is 59.5 Å². The second-order valence-corrected chi connectivity index (χ2v) is 10.6. The molecule has 6 heteroatoms. The molecule has 0 radical (unpaired) electrons. The maximum Gasteiger partial charge on any atom is 0.253 e. The normalized spacial score (nSPS) is 19.3. The number of amides is 2. The number of piperidine rings is 1. The standard InChI is InChI=1S/C27H35N3O2S/c1-3-16-29(23-14-17-28(18-15-23)27(32)22-9-5-4-6-10-22)20-26(31)30-19-13-21(2)33-25-12-8-7-11-24(25)30/h4-12,21,23H,3,13-20H2,1-2H3. The van der Waals surface area contributed by atoms with Crippen LogP contribution < -0.4 is 4.90 Å². The van der Waals surface area contributed by atoms with E-state index in [4.69, 9.17) is 0 Å². The van der Waals surface area contributed by atoms with Gasteiger partial charge in [0.2, 0.25) is 5.91 Å². The molecule has 0 N–H and O–H groups in total. The van der Waals surface area contributed by atoms with Crippen LogP contribution in [0.4, 0.5) is 5.69 Å². The number of hydrogen-bond donors (Lipinski definition) is 0. The van der Waals surface area contributed by atoms with E-state index in [1.54, 1.807) is 0 Å². The van der Waals surface area contributed by atoms with Gasteiger partial charge in [0.15, 0.2) is 0 Å². The molecular weight excluding hydrogens is 430 g/mol. The van der Waals surface area contributed by atoms with E-state index in [2.05, 4.69) is 36.9 Å². The molecule has 0 aliphatic carbocycles. The van der Waals surface area contributed by atoms with Crippen LogP contribution in [0.5, 0.6) is 0 Å². The van der Waals surface area contributed by atoms with E-state index in [0.717, 1.165) is 63.1 Å². The smallest absolute Gasteiger partial charge is 0.253 e. The predicted molar refractivity (Wildman–Crippen MR) is 136 cm³/mol. The lowest BCUT2D eigenvalue weighted by atomic mass is 10.0. The zero-order valence-electron chi connectivity index (χ0n) is 19.8. The third-order valence-corrected chi connectivity index (χ3v) is 7.92. The summed E-state index contributed by atoms with van der Waals surface area (Å²) >= 11 is 1.87. The Balaban J connectivity index is 1.40. The zero-order chi connectivity index (χ0) is 23.2. The lowest BCUT2D eigenvalue weighted by Gasteiger charge is -2.39. The van der Waals surface area contributed by atoms with Crippen molar-refractivity contribution in [1.82, 2.24) is 9.80 Å². The van der Waals surface area contributed by atoms with Gasteiger partial charge < -0.3 is 9.80 Å². The summed E-state index contributed by atoms with van der Waals surface area (Å²) in [5, 5.41) is 0.502. The number of carbonyl (C=O) groups is 2. The summed E-state index contributed by atoms with van der Waals surface area (Å²) in [6, 6.07) is 18.2. The molecular formula is C27H35N3O2S. The Morgan fingerprint density at radius 1 is 0.970 bits per heavy atom. The molecule has 2 aliphatic rings. The van der Waals surface area contributed by atoms with Gasteiger partial charge in [0.1, 0.15) is 0 Å². The van der Waals surface area contributed by atoms with Crippen molar-refractivity contribution in [3.05, 3.63) is 60.2 Å². The maximum atomic E-state index is 13.5. The van der Waals surface area contributed by atoms with E-state index in [1.165, 1.54) is 4.90 Å². The van der Waals surface area contributed by atoms with E-state index in [9.17, 15) is 9.59 Å². The predicted octanol–water partition coefficient (Wildman–Crippen LogP) is 4.92. The first-order valence-electron chi connectivity index (χ1n) is 12.2. The molecule has 0 bridgehead atoms. The summed E-state index contributed by atoms with van der Waals surface area (Å²) in [5.74, 6) is 0.299. The summed E-state index contributed by atoms with van der Waals surface area (Å²) in [5.41, 5.74) is 1.81. The van der Waals surface area contributed by atoms with Crippen molar-refractivity contribution < 1.29 is 9.59 Å². The minimum atomic E-state index is 0.111. The molecule has 2 aromatic rings. The quantitative estimate of drug-likeness (QED) is 0.607. The molecule has 4 rings (SSSR count). The summed E-state index contributed by atoms with van der Waals surface area (Å²) < 4.78 is 0. The molecule has 0 aromatic heterocycles. The number of fused-ring (bicyclic) bond motifs is 1. The molecule has 33 heavy (non-hydrogen) atoms. The van der Waals surface area contributed by atoms with Crippen LogP contribution in [-0.4, -0.2) is 65.6 Å². The molecule has 0 saturated carbocycles. The second kappa shape index (κ2) is 11.2. The van der Waals surface area contributed by atoms with E-state index < -0.39 is 0 Å². The lowest BCUT2D eigenvalue weighted by molar-refractivity contribution is -0.120. The number of rotatable bonds is 6. The summed E-state index contributed by atoms with van der Waals surface area (Å²) in [4.78, 5) is 33.8. The highest BCUT2D eigenvalue weighted by atomic mass is 32.2. The fourth-order valence-electron chi connectivity index (χ4n) is 4.88. The van der Waals surface area contributed by atoms with Crippen molar-refractivity contribution in [2.24, 2.45) is 0 Å². The average Bonchev–Trinajstić information content (AvgIpc) is 3.02. The average molecular weight is 466 g/mol. The number of carbonyl (C=O) groups excluding carboxylic acids is 2. The molecule has 2 aromatic carbocycles. The largest absolute Gasteiger partial charge is 0.339 e. The number of likely N-dealkylation sites (tertiary alicyclic amines) is 1. The highest BCUT2D eigenvalue weighted by Crippen LogP contribution is 2.37. The highest BCUT2D eigenvalue weighted by Gasteiger charge is 2.30. The number of hydrogen-bond acceptors (Lipinski definition) is 4. The van der Waals surface area contributed by atoms with E-state index in [-0.39, 0.29) is 11.8 Å². The minimum Gasteiger partial charge on any atom is -0.339 e. The maximum absolute atomic E-state index is 13.5. The van der Waals surface area contributed by atoms with Gasteiger partial charge >= 0.3 is 0 Å². The van der Waals surface area contributed by atoms with Crippen LogP contribution in [0, 0.1) is 0 Å². The summed E-state index contributed by atoms with van der Waals surface area (Å²) in [6.45, 7) is 8.02. The molecule has 0 spiro atoms. The van der Waals surface area contributed by atoms with Crippen LogP contribution >= 0.6 is 11.8 Å². The third-order valence-electron chi connectivity index (χ3n) is 6.68. The Bertz CT molecular complexity index is 943. The SMILES string of the molecule is CCCN(CC(=O)N1CCC(C)Sc2ccccc21)C1CCN(C(=O)c2ccccc2)CC1. The van der Waals surface area contributed by atoms with Gasteiger partial charge in [0.25, 0.3) is 5.91 Å². The van der Waals surface area contributed by atoms with Gasteiger partial charge in [-0.25, -0.2) is 0 Å². The van der Waals surface area contributed by atoms with Gasteiger partial charge in [-0.05, 0) is 56.5 Å². The van der Waals surface area contributed by atoms with Crippen LogP contribution in [0.1, 0.15) is 49.9 Å². The van der Waals surface area contributed by atoms with E-state index in [1.807, 2.05) is 58.0 Å². The Morgan fingerprint density at radius 3 is 2.39 bits per heavy atom. The fourth-order valence-corrected chi connectivity index (χ4v) is 5.99. The summed E-state index contributed by atoms with van der Waals surface area (Å²) in [6.07, 6.45) is 3.84. The van der Waals surface area contributed by atoms with Crippen LogP contribution in [-0.2, 0) is 4.79 Å². The number of thioether (sulfide) groups is 1. The Kier molecular flexibility index (Phi) is 8.10. The van der Waals surface area contributed by atoms with Crippen molar-refractivity contribution in [3.8, 4) is 0 Å². The number of para-hydroxylation sites is 1. The molecule has 2 aliphatic heterocycles. The molecule has 2 amide bonds. The van der Waals surface area contributed by atoms with Gasteiger partial charge in [0, 0.05) is 41.4 Å². The van der Waals surface area contributed by atoms with E-state index >= 15 is 0 Å². The van der Waals surface area contributed by atoms with Crippen molar-refractivity contribution in [2.45, 2.75) is 55.7 Å². The summed E-state index contributed by atoms with van der Waals surface area (Å²) in [7, 11) is 0. The molecule has 1 saturated heterocycles. The highest BCUT2D eigenvalue weighted by molar-refractivity contribution is 8.00. The van der Waals surface area contributed by atoms with Crippen LogP contribution in [0.3, 0.4) is 0 Å². The Labute approximate surface area is 202 Å². The number of benzene rings is 2. The first kappa shape index (κ1) is 23.8. The van der Waals surface area contributed by atoms with Crippen LogP contribution in [0.25, 0.3) is 0 Å². The zero-order valence-corrected chi connectivity index (χ0v) is 20.6. The first-order valence-corrected chi connectivity index (χ1v) is 13.1. The van der Waals surface area contributed by atoms with Gasteiger partial charge in [-0.3, -0.25) is 14.5 Å². The molecule has 176 valence electrons. The Morgan fingerprint density at radius 2 is 1.67 bits per heavy atom. The van der Waals surface area contributed by atoms with Crippen LogP contribution in [0.2, 0.25) is 0 Å². The van der Waals surface area contributed by atoms with Gasteiger partial charge in [0.05, 0.1) is 12.2 Å². The Hall–Kier alpha value is -2.31. The lowest BCUT2D eigenvalue weighted by Crippen LogP contribution is -2.50. The number of nitrogens with zero attached hydrogens (tertiary/aromatic N) is 3. The van der Waals surface area contributed by atoms with E-state index in [0.29, 0.717) is 17.8 Å². The number of anilines is 1. The van der Waals surface area contributed by atoms with Crippen molar-refractivity contribution in [1.29, 1.82) is 0 Å². The molecule has 2 heterocycles. The second-order valence-electron chi connectivity index (χ2n) is 9.09. The van der Waals surface area contributed by atoms with Gasteiger partial charge in [-0.15, -0.1) is 11.8 Å². The topological polar surface area (TPSA) is 43.9 Å². The van der Waals surface area contributed by atoms with Crippen molar-refractivity contribution >= 4 is 29.3 Å². The monoisotopic (exact) mass is 465 g/mol. The molecule has 1 fully saturated rings. The van der Waals surface area contributed by atoms with Gasteiger partial charge in [-0.2, -0.15) is 0 Å². The molecule has 5 nitrogen and oxygen atoms in total.